The number of benzene rings is 2. The van der Waals surface area contributed by atoms with Crippen LogP contribution in [0.1, 0.15) is 34.9 Å². The summed E-state index contributed by atoms with van der Waals surface area (Å²) in [6.07, 6.45) is 0.769. The summed E-state index contributed by atoms with van der Waals surface area (Å²) in [5.41, 5.74) is 6.31. The molecule has 35 heavy (non-hydrogen) atoms. The molecule has 0 saturated carbocycles. The van der Waals surface area contributed by atoms with Crippen molar-refractivity contribution in [3.05, 3.63) is 80.8 Å². The maximum absolute atomic E-state index is 13.0. The molecule has 0 bridgehead atoms. The van der Waals surface area contributed by atoms with Crippen LogP contribution in [0, 0.1) is 27.7 Å². The zero-order chi connectivity index (χ0) is 25.7. The number of nitrogens with zero attached hydrogens (tertiary/aromatic N) is 2. The van der Waals surface area contributed by atoms with E-state index in [0.717, 1.165) is 12.1 Å². The van der Waals surface area contributed by atoms with Crippen LogP contribution in [0.4, 0.5) is 5.69 Å². The highest BCUT2D eigenvalue weighted by atomic mass is 32.2. The Bertz CT molecular complexity index is 1250. The lowest BCUT2D eigenvalue weighted by atomic mass is 9.97. The van der Waals surface area contributed by atoms with Gasteiger partial charge in [-0.1, -0.05) is 35.9 Å². The predicted octanol–water partition coefficient (Wildman–Crippen LogP) is 3.83. The van der Waals surface area contributed by atoms with E-state index in [0.29, 0.717) is 12.2 Å². The Labute approximate surface area is 210 Å². The minimum absolute atomic E-state index is 0.112. The smallest absolute Gasteiger partial charge is 0.295 e. The lowest BCUT2D eigenvalue weighted by molar-refractivity contribution is -0.118. The van der Waals surface area contributed by atoms with E-state index >= 15 is 0 Å². The number of hydrogen-bond donors (Lipinski definition) is 2. The van der Waals surface area contributed by atoms with Crippen LogP contribution >= 0.6 is 11.8 Å². The Kier molecular flexibility index (Phi) is 8.62. The average Bonchev–Trinajstić information content (AvgIpc) is 3.02. The maximum Gasteiger partial charge on any atom is 0.295 e. The van der Waals surface area contributed by atoms with Crippen molar-refractivity contribution < 1.29 is 9.59 Å². The molecule has 0 radical (unpaired) electrons. The molecule has 8 heteroatoms. The topological polar surface area (TPSA) is 85.1 Å². The van der Waals surface area contributed by atoms with Gasteiger partial charge in [0.15, 0.2) is 0 Å². The Morgan fingerprint density at radius 1 is 1.03 bits per heavy atom. The molecule has 0 spiro atoms. The molecule has 1 unspecified atom stereocenters. The number of aryl methyl sites for hydroxylation is 3. The van der Waals surface area contributed by atoms with E-state index in [1.807, 2.05) is 30.3 Å². The second-order valence-electron chi connectivity index (χ2n) is 8.86. The lowest BCUT2D eigenvalue weighted by Crippen LogP contribution is -2.31. The summed E-state index contributed by atoms with van der Waals surface area (Å²) >= 11 is 1.25. The molecule has 1 aromatic heterocycles. The Morgan fingerprint density at radius 2 is 1.66 bits per heavy atom. The number of aromatic nitrogens is 2. The molecule has 2 N–H and O–H groups in total. The van der Waals surface area contributed by atoms with Crippen molar-refractivity contribution in [2.24, 2.45) is 7.05 Å². The largest absolute Gasteiger partial charge is 0.355 e. The Balaban J connectivity index is 1.53. The number of thioether (sulfide) groups is 1. The van der Waals surface area contributed by atoms with Crippen molar-refractivity contribution >= 4 is 29.3 Å². The van der Waals surface area contributed by atoms with Crippen molar-refractivity contribution in [3.63, 3.8) is 0 Å². The van der Waals surface area contributed by atoms with Gasteiger partial charge in [-0.2, -0.15) is 0 Å². The Hall–Kier alpha value is -3.26. The monoisotopic (exact) mass is 494 g/mol. The SMILES string of the molecule is Cc1cc(C)c(CCNC(=O)CSC(C)C(=O)Nc2c(C)n(C)n(-c3ccccc3)c2=O)c(C)c1. The lowest BCUT2D eigenvalue weighted by Gasteiger charge is -2.13. The number of carbonyl (C=O) groups is 2. The van der Waals surface area contributed by atoms with Gasteiger partial charge in [0.2, 0.25) is 11.8 Å². The average molecular weight is 495 g/mol. The summed E-state index contributed by atoms with van der Waals surface area (Å²) in [7, 11) is 1.78. The molecule has 2 aromatic carbocycles. The summed E-state index contributed by atoms with van der Waals surface area (Å²) in [6, 6.07) is 13.6. The standard InChI is InChI=1S/C27H34N4O3S/c1-17-14-18(2)23(19(3)15-17)12-13-28-24(32)16-35-21(5)26(33)29-25-20(4)30(6)31(27(25)34)22-10-8-7-9-11-22/h7-11,14-15,21H,12-13,16H2,1-6H3,(H,28,32)(H,29,33). The number of nitrogens with one attached hydrogen (secondary N) is 2. The third-order valence-electron chi connectivity index (χ3n) is 6.17. The minimum Gasteiger partial charge on any atom is -0.355 e. The highest BCUT2D eigenvalue weighted by Crippen LogP contribution is 2.18. The molecular weight excluding hydrogens is 460 g/mol. The molecule has 3 rings (SSSR count). The molecule has 0 aliphatic carbocycles. The van der Waals surface area contributed by atoms with Gasteiger partial charge in [0.05, 0.1) is 22.4 Å². The quantitative estimate of drug-likeness (QED) is 0.474. The van der Waals surface area contributed by atoms with Gasteiger partial charge < -0.3 is 10.6 Å². The van der Waals surface area contributed by atoms with Crippen LogP contribution in [0.3, 0.4) is 0 Å². The third kappa shape index (κ3) is 6.25. The van der Waals surface area contributed by atoms with Crippen LogP contribution in [0.5, 0.6) is 0 Å². The third-order valence-corrected chi connectivity index (χ3v) is 7.32. The van der Waals surface area contributed by atoms with Crippen molar-refractivity contribution in [1.82, 2.24) is 14.7 Å². The Morgan fingerprint density at radius 3 is 2.29 bits per heavy atom. The van der Waals surface area contributed by atoms with E-state index in [9.17, 15) is 14.4 Å². The second kappa shape index (κ2) is 11.4. The summed E-state index contributed by atoms with van der Waals surface area (Å²) in [4.78, 5) is 38.1. The second-order valence-corrected chi connectivity index (χ2v) is 10.2. The number of amides is 2. The first kappa shape index (κ1) is 26.3. The van der Waals surface area contributed by atoms with Crippen LogP contribution in [0.2, 0.25) is 0 Å². The van der Waals surface area contributed by atoms with Crippen molar-refractivity contribution in [1.29, 1.82) is 0 Å². The summed E-state index contributed by atoms with van der Waals surface area (Å²) < 4.78 is 3.24. The molecule has 1 atom stereocenters. The van der Waals surface area contributed by atoms with Gasteiger partial charge in [0, 0.05) is 13.6 Å². The molecule has 0 saturated heterocycles. The number of rotatable bonds is 9. The van der Waals surface area contributed by atoms with Crippen LogP contribution < -0.4 is 16.2 Å². The van der Waals surface area contributed by atoms with Crippen molar-refractivity contribution in [2.75, 3.05) is 17.6 Å². The minimum atomic E-state index is -0.494. The summed E-state index contributed by atoms with van der Waals surface area (Å²) in [5.74, 6) is -0.248. The van der Waals surface area contributed by atoms with Gasteiger partial charge in [0.1, 0.15) is 5.69 Å². The van der Waals surface area contributed by atoms with E-state index < -0.39 is 5.25 Å². The fraction of sp³-hybridized carbons (Fsp3) is 0.370. The zero-order valence-corrected chi connectivity index (χ0v) is 22.1. The fourth-order valence-corrected chi connectivity index (χ4v) is 4.91. The van der Waals surface area contributed by atoms with Gasteiger partial charge >= 0.3 is 0 Å². The zero-order valence-electron chi connectivity index (χ0n) is 21.3. The van der Waals surface area contributed by atoms with E-state index in [2.05, 4.69) is 43.5 Å². The first-order valence-corrected chi connectivity index (χ1v) is 12.7. The normalized spacial score (nSPS) is 11.8. The van der Waals surface area contributed by atoms with Gasteiger partial charge in [-0.15, -0.1) is 11.8 Å². The molecule has 2 amide bonds. The van der Waals surface area contributed by atoms with E-state index in [-0.39, 0.29) is 28.8 Å². The van der Waals surface area contributed by atoms with Crippen LogP contribution in [0.15, 0.2) is 47.3 Å². The highest BCUT2D eigenvalue weighted by molar-refractivity contribution is 8.01. The van der Waals surface area contributed by atoms with Gasteiger partial charge in [-0.05, 0) is 69.9 Å². The molecule has 0 aliphatic rings. The predicted molar refractivity (Wildman–Crippen MR) is 144 cm³/mol. The molecule has 7 nitrogen and oxygen atoms in total. The van der Waals surface area contributed by atoms with Gasteiger partial charge in [-0.25, -0.2) is 4.68 Å². The molecule has 186 valence electrons. The molecule has 0 fully saturated rings. The fourth-order valence-electron chi connectivity index (χ4n) is 4.20. The number of anilines is 1. The van der Waals surface area contributed by atoms with Gasteiger partial charge in [0.25, 0.3) is 5.56 Å². The summed E-state index contributed by atoms with van der Waals surface area (Å²) in [6.45, 7) is 10.3. The molecule has 1 heterocycles. The highest BCUT2D eigenvalue weighted by Gasteiger charge is 2.21. The van der Waals surface area contributed by atoms with E-state index in [4.69, 9.17) is 0 Å². The van der Waals surface area contributed by atoms with E-state index in [1.165, 1.54) is 38.7 Å². The maximum atomic E-state index is 13.0. The van der Waals surface area contributed by atoms with Crippen LogP contribution in [0.25, 0.3) is 5.69 Å². The first-order chi connectivity index (χ1) is 16.6. The van der Waals surface area contributed by atoms with Crippen LogP contribution in [-0.2, 0) is 23.1 Å². The molecular formula is C27H34N4O3S. The van der Waals surface area contributed by atoms with Gasteiger partial charge in [-0.3, -0.25) is 19.1 Å². The molecule has 3 aromatic rings. The van der Waals surface area contributed by atoms with Crippen molar-refractivity contribution in [2.45, 2.75) is 46.3 Å². The van der Waals surface area contributed by atoms with Crippen LogP contribution in [-0.4, -0.2) is 38.7 Å². The number of para-hydroxylation sites is 1. The number of carbonyl (C=O) groups excluding carboxylic acids is 2. The number of hydrogen-bond acceptors (Lipinski definition) is 4. The molecule has 0 aliphatic heterocycles. The first-order valence-electron chi connectivity index (χ1n) is 11.7. The van der Waals surface area contributed by atoms with Crippen molar-refractivity contribution in [3.8, 4) is 5.69 Å². The van der Waals surface area contributed by atoms with E-state index in [1.54, 1.807) is 25.6 Å². The summed E-state index contributed by atoms with van der Waals surface area (Å²) in [5, 5.41) is 5.22.